The molecule has 0 radical (unpaired) electrons. The minimum Gasteiger partial charge on any atom is -0.442 e. The Labute approximate surface area is 135 Å². The standard InChI is InChI=1S/C19H20N2O2/c1-13-10-11-16-15(12-13)17(14-8-6-5-7-9-14)20-21(16)18(22)23-19(2,3)4/h5-12H,1-4H3. The first kappa shape index (κ1) is 15.3. The molecular weight excluding hydrogens is 288 g/mol. The van der Waals surface area contributed by atoms with Crippen molar-refractivity contribution in [3.05, 3.63) is 54.1 Å². The van der Waals surface area contributed by atoms with E-state index in [0.29, 0.717) is 0 Å². The fourth-order valence-corrected chi connectivity index (χ4v) is 2.49. The lowest BCUT2D eigenvalue weighted by molar-refractivity contribution is 0.0523. The molecule has 0 bridgehead atoms. The van der Waals surface area contributed by atoms with Gasteiger partial charge in [-0.3, -0.25) is 0 Å². The zero-order valence-electron chi connectivity index (χ0n) is 13.8. The zero-order chi connectivity index (χ0) is 16.6. The summed E-state index contributed by atoms with van der Waals surface area (Å²) < 4.78 is 6.82. The van der Waals surface area contributed by atoms with Crippen molar-refractivity contribution in [3.63, 3.8) is 0 Å². The molecule has 0 aliphatic rings. The average Bonchev–Trinajstić information content (AvgIpc) is 2.85. The van der Waals surface area contributed by atoms with E-state index in [9.17, 15) is 4.79 Å². The first-order chi connectivity index (χ1) is 10.8. The van der Waals surface area contributed by atoms with Gasteiger partial charge in [0.1, 0.15) is 11.3 Å². The van der Waals surface area contributed by atoms with Crippen molar-refractivity contribution < 1.29 is 9.53 Å². The van der Waals surface area contributed by atoms with Crippen molar-refractivity contribution in [2.75, 3.05) is 0 Å². The predicted octanol–water partition coefficient (Wildman–Crippen LogP) is 4.79. The average molecular weight is 308 g/mol. The van der Waals surface area contributed by atoms with E-state index in [1.807, 2.05) is 76.2 Å². The van der Waals surface area contributed by atoms with Crippen LogP contribution in [-0.2, 0) is 4.74 Å². The lowest BCUT2D eigenvalue weighted by Gasteiger charge is -2.19. The number of aromatic nitrogens is 2. The van der Waals surface area contributed by atoms with Gasteiger partial charge >= 0.3 is 6.09 Å². The van der Waals surface area contributed by atoms with Crippen molar-refractivity contribution >= 4 is 17.0 Å². The van der Waals surface area contributed by atoms with E-state index in [2.05, 4.69) is 5.10 Å². The zero-order valence-corrected chi connectivity index (χ0v) is 13.8. The molecule has 2 aromatic carbocycles. The van der Waals surface area contributed by atoms with Gasteiger partial charge in [0.15, 0.2) is 0 Å². The van der Waals surface area contributed by atoms with E-state index >= 15 is 0 Å². The van der Waals surface area contributed by atoms with Gasteiger partial charge in [0.05, 0.1) is 5.52 Å². The van der Waals surface area contributed by atoms with Crippen LogP contribution in [0.4, 0.5) is 4.79 Å². The molecule has 118 valence electrons. The number of carbonyl (C=O) groups is 1. The third-order valence-electron chi connectivity index (χ3n) is 3.45. The highest BCUT2D eigenvalue weighted by molar-refractivity contribution is 5.98. The van der Waals surface area contributed by atoms with E-state index < -0.39 is 11.7 Å². The number of ether oxygens (including phenoxy) is 1. The highest BCUT2D eigenvalue weighted by Crippen LogP contribution is 2.29. The maximum atomic E-state index is 12.5. The Kier molecular flexibility index (Phi) is 3.68. The van der Waals surface area contributed by atoms with Gasteiger partial charge in [-0.25, -0.2) is 4.79 Å². The SMILES string of the molecule is Cc1ccc2c(c1)c(-c1ccccc1)nn2C(=O)OC(C)(C)C. The van der Waals surface area contributed by atoms with E-state index in [0.717, 1.165) is 27.7 Å². The predicted molar refractivity (Wildman–Crippen MR) is 91.5 cm³/mol. The van der Waals surface area contributed by atoms with Crippen molar-refractivity contribution in [1.29, 1.82) is 0 Å². The fourth-order valence-electron chi connectivity index (χ4n) is 2.49. The molecule has 0 N–H and O–H groups in total. The van der Waals surface area contributed by atoms with Gasteiger partial charge in [-0.05, 0) is 39.8 Å². The Hall–Kier alpha value is -2.62. The summed E-state index contributed by atoms with van der Waals surface area (Å²) in [6, 6.07) is 15.8. The molecule has 23 heavy (non-hydrogen) atoms. The molecule has 0 saturated heterocycles. The summed E-state index contributed by atoms with van der Waals surface area (Å²) in [5, 5.41) is 5.47. The van der Waals surface area contributed by atoms with Gasteiger partial charge < -0.3 is 4.74 Å². The van der Waals surface area contributed by atoms with Crippen molar-refractivity contribution in [3.8, 4) is 11.3 Å². The Bertz CT molecular complexity index is 858. The first-order valence-electron chi connectivity index (χ1n) is 7.63. The molecular formula is C19H20N2O2. The molecule has 4 heteroatoms. The third kappa shape index (κ3) is 3.11. The molecule has 0 atom stereocenters. The van der Waals surface area contributed by atoms with Crippen molar-refractivity contribution in [2.45, 2.75) is 33.3 Å². The minimum atomic E-state index is -0.563. The van der Waals surface area contributed by atoms with Crippen LogP contribution in [0, 0.1) is 6.92 Å². The second-order valence-electron chi connectivity index (χ2n) is 6.63. The topological polar surface area (TPSA) is 44.1 Å². The van der Waals surface area contributed by atoms with Gasteiger partial charge in [0.2, 0.25) is 0 Å². The summed E-state index contributed by atoms with van der Waals surface area (Å²) in [5.74, 6) is 0. The molecule has 0 aliphatic heterocycles. The monoisotopic (exact) mass is 308 g/mol. The smallest absolute Gasteiger partial charge is 0.435 e. The molecule has 0 aliphatic carbocycles. The summed E-state index contributed by atoms with van der Waals surface area (Å²) in [6.07, 6.45) is -0.464. The second-order valence-corrected chi connectivity index (χ2v) is 6.63. The molecule has 1 heterocycles. The van der Waals surface area contributed by atoms with Crippen LogP contribution in [-0.4, -0.2) is 21.5 Å². The molecule has 0 spiro atoms. The van der Waals surface area contributed by atoms with Crippen molar-refractivity contribution in [2.24, 2.45) is 0 Å². The number of hydrogen-bond acceptors (Lipinski definition) is 3. The Morgan fingerprint density at radius 3 is 2.43 bits per heavy atom. The highest BCUT2D eigenvalue weighted by Gasteiger charge is 2.22. The van der Waals surface area contributed by atoms with Crippen molar-refractivity contribution in [1.82, 2.24) is 9.78 Å². The molecule has 4 nitrogen and oxygen atoms in total. The minimum absolute atomic E-state index is 0.464. The molecule has 0 unspecified atom stereocenters. The molecule has 0 saturated carbocycles. The van der Waals surface area contributed by atoms with Gasteiger partial charge in [0, 0.05) is 10.9 Å². The highest BCUT2D eigenvalue weighted by atomic mass is 16.6. The van der Waals surface area contributed by atoms with Gasteiger partial charge in [-0.15, -0.1) is 0 Å². The van der Waals surface area contributed by atoms with E-state index in [4.69, 9.17) is 4.74 Å². The summed E-state index contributed by atoms with van der Waals surface area (Å²) >= 11 is 0. The Balaban J connectivity index is 2.19. The first-order valence-corrected chi connectivity index (χ1v) is 7.63. The fraction of sp³-hybridized carbons (Fsp3) is 0.263. The van der Waals surface area contributed by atoms with Crippen LogP contribution in [0.2, 0.25) is 0 Å². The van der Waals surface area contributed by atoms with Crippen LogP contribution in [0.5, 0.6) is 0 Å². The summed E-state index contributed by atoms with van der Waals surface area (Å²) in [6.45, 7) is 7.57. The normalized spacial score (nSPS) is 11.7. The molecule has 0 fully saturated rings. The number of aryl methyl sites for hydroxylation is 1. The van der Waals surface area contributed by atoms with E-state index in [-0.39, 0.29) is 0 Å². The number of fused-ring (bicyclic) bond motifs is 1. The number of benzene rings is 2. The van der Waals surface area contributed by atoms with Crippen LogP contribution in [0.25, 0.3) is 22.2 Å². The number of hydrogen-bond donors (Lipinski definition) is 0. The summed E-state index contributed by atoms with van der Waals surface area (Å²) in [5.41, 5.74) is 3.08. The van der Waals surface area contributed by atoms with Gasteiger partial charge in [-0.1, -0.05) is 42.0 Å². The summed E-state index contributed by atoms with van der Waals surface area (Å²) in [4.78, 5) is 12.5. The largest absolute Gasteiger partial charge is 0.442 e. The lowest BCUT2D eigenvalue weighted by Crippen LogP contribution is -2.27. The number of rotatable bonds is 1. The van der Waals surface area contributed by atoms with Crippen LogP contribution in [0.1, 0.15) is 26.3 Å². The second kappa shape index (κ2) is 5.54. The quantitative estimate of drug-likeness (QED) is 0.649. The van der Waals surface area contributed by atoms with Gasteiger partial charge in [0.25, 0.3) is 0 Å². The number of carbonyl (C=O) groups excluding carboxylic acids is 1. The molecule has 0 amide bonds. The Morgan fingerprint density at radius 2 is 1.78 bits per heavy atom. The van der Waals surface area contributed by atoms with Crippen LogP contribution in [0.3, 0.4) is 0 Å². The lowest BCUT2D eigenvalue weighted by atomic mass is 10.1. The molecule has 3 rings (SSSR count). The van der Waals surface area contributed by atoms with Crippen LogP contribution >= 0.6 is 0 Å². The molecule has 1 aromatic heterocycles. The molecule has 3 aromatic rings. The van der Waals surface area contributed by atoms with Gasteiger partial charge in [-0.2, -0.15) is 9.78 Å². The Morgan fingerprint density at radius 1 is 1.09 bits per heavy atom. The maximum absolute atomic E-state index is 12.5. The third-order valence-corrected chi connectivity index (χ3v) is 3.45. The van der Waals surface area contributed by atoms with Crippen LogP contribution < -0.4 is 0 Å². The maximum Gasteiger partial charge on any atom is 0.435 e. The van der Waals surface area contributed by atoms with E-state index in [1.165, 1.54) is 4.68 Å². The summed E-state index contributed by atoms with van der Waals surface area (Å²) in [7, 11) is 0. The van der Waals surface area contributed by atoms with Crippen LogP contribution in [0.15, 0.2) is 48.5 Å². The van der Waals surface area contributed by atoms with E-state index in [1.54, 1.807) is 0 Å². The number of nitrogens with zero attached hydrogens (tertiary/aromatic N) is 2.